The highest BCUT2D eigenvalue weighted by molar-refractivity contribution is 7.99. The molecule has 1 aliphatic carbocycles. The van der Waals surface area contributed by atoms with Gasteiger partial charge in [-0.25, -0.2) is 4.98 Å². The highest BCUT2D eigenvalue weighted by Crippen LogP contribution is 2.28. The molecule has 148 valence electrons. The Kier molecular flexibility index (Phi) is 6.23. The van der Waals surface area contributed by atoms with Gasteiger partial charge in [-0.05, 0) is 36.5 Å². The first-order valence-corrected chi connectivity index (χ1v) is 11.8. The zero-order valence-electron chi connectivity index (χ0n) is 15.4. The van der Waals surface area contributed by atoms with E-state index in [0.29, 0.717) is 29.0 Å². The molecule has 5 nitrogen and oxygen atoms in total. The Labute approximate surface area is 177 Å². The van der Waals surface area contributed by atoms with Gasteiger partial charge in [0, 0.05) is 29.1 Å². The van der Waals surface area contributed by atoms with Crippen LogP contribution in [0, 0.1) is 5.92 Å². The van der Waals surface area contributed by atoms with Crippen LogP contribution in [0.1, 0.15) is 29.1 Å². The lowest BCUT2D eigenvalue weighted by molar-refractivity contribution is -0.137. The summed E-state index contributed by atoms with van der Waals surface area (Å²) in [5.74, 6) is 1.82. The number of rotatable bonds is 7. The number of aromatic nitrogens is 1. The van der Waals surface area contributed by atoms with E-state index in [2.05, 4.69) is 10.3 Å². The molecule has 1 aromatic carbocycles. The predicted octanol–water partition coefficient (Wildman–Crippen LogP) is 3.36. The molecule has 2 heterocycles. The molecule has 2 fully saturated rings. The van der Waals surface area contributed by atoms with Gasteiger partial charge < -0.3 is 10.2 Å². The van der Waals surface area contributed by atoms with E-state index in [4.69, 9.17) is 11.6 Å². The number of benzene rings is 1. The second kappa shape index (κ2) is 8.84. The number of thioether (sulfide) groups is 1. The van der Waals surface area contributed by atoms with Crippen molar-refractivity contribution in [2.24, 2.45) is 5.92 Å². The van der Waals surface area contributed by atoms with E-state index in [-0.39, 0.29) is 24.3 Å². The number of thiazole rings is 1. The lowest BCUT2D eigenvalue weighted by Gasteiger charge is -2.22. The number of carbonyl (C=O) groups is 2. The summed E-state index contributed by atoms with van der Waals surface area (Å²) in [5.41, 5.74) is 1.86. The molecule has 2 aromatic rings. The molecule has 4 rings (SSSR count). The molecule has 8 heteroatoms. The van der Waals surface area contributed by atoms with E-state index in [1.54, 1.807) is 28.0 Å². The smallest absolute Gasteiger partial charge is 0.243 e. The molecule has 1 saturated heterocycles. The molecule has 0 bridgehead atoms. The third kappa shape index (κ3) is 5.07. The van der Waals surface area contributed by atoms with Gasteiger partial charge in [-0.1, -0.05) is 23.7 Å². The van der Waals surface area contributed by atoms with Crippen LogP contribution in [0.5, 0.6) is 0 Å². The molecule has 1 aromatic heterocycles. The van der Waals surface area contributed by atoms with Crippen molar-refractivity contribution >= 4 is 46.5 Å². The van der Waals surface area contributed by atoms with Crippen molar-refractivity contribution in [1.82, 2.24) is 15.2 Å². The van der Waals surface area contributed by atoms with Crippen molar-refractivity contribution in [3.63, 3.8) is 0 Å². The fraction of sp³-hybridized carbons (Fsp3) is 0.450. The molecular weight excluding hydrogens is 414 g/mol. The Morgan fingerprint density at radius 1 is 1.32 bits per heavy atom. The average Bonchev–Trinajstić information content (AvgIpc) is 3.18. The first-order chi connectivity index (χ1) is 13.6. The molecule has 0 radical (unpaired) electrons. The van der Waals surface area contributed by atoms with E-state index >= 15 is 0 Å². The summed E-state index contributed by atoms with van der Waals surface area (Å²) in [4.78, 5) is 31.5. The SMILES string of the molecule is O=C(NCC1CC1)C1CSCN1C(=O)Cc1csc(Cc2cccc(Cl)c2)n1. The van der Waals surface area contributed by atoms with Gasteiger partial charge in [0.1, 0.15) is 6.04 Å². The molecule has 1 unspecified atom stereocenters. The lowest BCUT2D eigenvalue weighted by Crippen LogP contribution is -2.48. The number of halogens is 1. The number of nitrogens with one attached hydrogen (secondary N) is 1. The third-order valence-electron chi connectivity index (χ3n) is 4.94. The van der Waals surface area contributed by atoms with E-state index in [9.17, 15) is 9.59 Å². The quantitative estimate of drug-likeness (QED) is 0.724. The number of nitrogens with zero attached hydrogens (tertiary/aromatic N) is 2. The highest BCUT2D eigenvalue weighted by atomic mass is 35.5. The van der Waals surface area contributed by atoms with Crippen LogP contribution in [-0.2, 0) is 22.4 Å². The summed E-state index contributed by atoms with van der Waals surface area (Å²) in [7, 11) is 0. The zero-order chi connectivity index (χ0) is 19.5. The van der Waals surface area contributed by atoms with E-state index in [1.165, 1.54) is 12.8 Å². The normalized spacial score (nSPS) is 19.0. The Bertz CT molecular complexity index is 869. The standard InChI is InChI=1S/C20H22ClN3O2S2/c21-15-3-1-2-14(6-15)7-18-23-16(10-28-18)8-19(25)24-12-27-11-17(24)20(26)22-9-13-4-5-13/h1-3,6,10,13,17H,4-5,7-9,11-12H2,(H,22,26). The average molecular weight is 436 g/mol. The first kappa shape index (κ1) is 19.7. The first-order valence-electron chi connectivity index (χ1n) is 9.41. The van der Waals surface area contributed by atoms with Gasteiger partial charge in [0.15, 0.2) is 0 Å². The van der Waals surface area contributed by atoms with E-state index in [0.717, 1.165) is 22.8 Å². The van der Waals surface area contributed by atoms with E-state index < -0.39 is 0 Å². The van der Waals surface area contributed by atoms with Crippen molar-refractivity contribution in [3.05, 3.63) is 50.9 Å². The highest BCUT2D eigenvalue weighted by Gasteiger charge is 2.35. The minimum Gasteiger partial charge on any atom is -0.354 e. The van der Waals surface area contributed by atoms with Crippen LogP contribution in [0.2, 0.25) is 5.02 Å². The summed E-state index contributed by atoms with van der Waals surface area (Å²) in [6, 6.07) is 7.36. The van der Waals surface area contributed by atoms with Crippen LogP contribution in [0.25, 0.3) is 0 Å². The number of carbonyl (C=O) groups excluding carboxylic acids is 2. The van der Waals surface area contributed by atoms with Crippen LogP contribution < -0.4 is 5.32 Å². The number of amides is 2. The Balaban J connectivity index is 1.33. The molecule has 2 amide bonds. The molecule has 0 spiro atoms. The fourth-order valence-corrected chi connectivity index (χ4v) is 5.40. The molecule has 28 heavy (non-hydrogen) atoms. The maximum atomic E-state index is 12.8. The molecule has 2 aliphatic rings. The van der Waals surface area contributed by atoms with Crippen LogP contribution in [-0.4, -0.2) is 45.9 Å². The summed E-state index contributed by atoms with van der Waals surface area (Å²) < 4.78 is 0. The maximum absolute atomic E-state index is 12.8. The van der Waals surface area contributed by atoms with Crippen LogP contribution in [0.4, 0.5) is 0 Å². The van der Waals surface area contributed by atoms with Gasteiger partial charge in [-0.15, -0.1) is 23.1 Å². The van der Waals surface area contributed by atoms with Crippen LogP contribution in [0.15, 0.2) is 29.6 Å². The minimum absolute atomic E-state index is 0.0230. The molecule has 1 N–H and O–H groups in total. The predicted molar refractivity (Wildman–Crippen MR) is 114 cm³/mol. The van der Waals surface area contributed by atoms with Gasteiger partial charge in [0.05, 0.1) is 23.0 Å². The van der Waals surface area contributed by atoms with Gasteiger partial charge in [-0.2, -0.15) is 0 Å². The molecule has 1 aliphatic heterocycles. The van der Waals surface area contributed by atoms with Crippen molar-refractivity contribution in [3.8, 4) is 0 Å². The third-order valence-corrected chi connectivity index (χ3v) is 7.09. The Hall–Kier alpha value is -1.57. The lowest BCUT2D eigenvalue weighted by atomic mass is 10.2. The van der Waals surface area contributed by atoms with Crippen molar-refractivity contribution in [1.29, 1.82) is 0 Å². The van der Waals surface area contributed by atoms with Gasteiger partial charge in [-0.3, -0.25) is 9.59 Å². The second-order valence-electron chi connectivity index (χ2n) is 7.28. The fourth-order valence-electron chi connectivity index (χ4n) is 3.18. The van der Waals surface area contributed by atoms with Gasteiger partial charge in [0.25, 0.3) is 0 Å². The summed E-state index contributed by atoms with van der Waals surface area (Å²) in [6.45, 7) is 0.737. The molecule has 1 atom stereocenters. The molecular formula is C20H22ClN3O2S2. The van der Waals surface area contributed by atoms with Crippen molar-refractivity contribution in [2.75, 3.05) is 18.2 Å². The van der Waals surface area contributed by atoms with Crippen LogP contribution in [0.3, 0.4) is 0 Å². The number of hydrogen-bond donors (Lipinski definition) is 1. The monoisotopic (exact) mass is 435 g/mol. The summed E-state index contributed by atoms with van der Waals surface area (Å²) in [5, 5.41) is 6.60. The van der Waals surface area contributed by atoms with Gasteiger partial charge in [0.2, 0.25) is 11.8 Å². The van der Waals surface area contributed by atoms with Crippen LogP contribution >= 0.6 is 34.7 Å². The van der Waals surface area contributed by atoms with Crippen molar-refractivity contribution < 1.29 is 9.59 Å². The zero-order valence-corrected chi connectivity index (χ0v) is 17.8. The maximum Gasteiger partial charge on any atom is 0.243 e. The number of hydrogen-bond acceptors (Lipinski definition) is 5. The Morgan fingerprint density at radius 3 is 2.96 bits per heavy atom. The second-order valence-corrected chi connectivity index (χ2v) is 9.66. The van der Waals surface area contributed by atoms with Crippen molar-refractivity contribution in [2.45, 2.75) is 31.7 Å². The summed E-state index contributed by atoms with van der Waals surface area (Å²) >= 11 is 9.22. The van der Waals surface area contributed by atoms with E-state index in [1.807, 2.05) is 29.6 Å². The largest absolute Gasteiger partial charge is 0.354 e. The summed E-state index contributed by atoms with van der Waals surface area (Å²) in [6.07, 6.45) is 3.33. The van der Waals surface area contributed by atoms with Gasteiger partial charge >= 0.3 is 0 Å². The minimum atomic E-state index is -0.360. The Morgan fingerprint density at radius 2 is 2.18 bits per heavy atom. The molecule has 1 saturated carbocycles. The topological polar surface area (TPSA) is 62.3 Å².